The van der Waals surface area contributed by atoms with Crippen molar-refractivity contribution in [3.63, 3.8) is 0 Å². The molecule has 4 nitrogen and oxygen atoms in total. The zero-order valence-electron chi connectivity index (χ0n) is 11.6. The van der Waals surface area contributed by atoms with Crippen LogP contribution in [0.15, 0.2) is 18.2 Å². The summed E-state index contributed by atoms with van der Waals surface area (Å²) in [7, 11) is -3.42. The summed E-state index contributed by atoms with van der Waals surface area (Å²) in [6.07, 6.45) is 0.602. The van der Waals surface area contributed by atoms with Crippen LogP contribution in [0.2, 0.25) is 10.0 Å². The molecule has 0 radical (unpaired) electrons. The van der Waals surface area contributed by atoms with Gasteiger partial charge in [0.1, 0.15) is 0 Å². The van der Waals surface area contributed by atoms with Crippen LogP contribution in [0.5, 0.6) is 0 Å². The third-order valence-electron chi connectivity index (χ3n) is 3.02. The number of sulfonamides is 1. The van der Waals surface area contributed by atoms with E-state index in [4.69, 9.17) is 28.9 Å². The zero-order valence-corrected chi connectivity index (χ0v) is 13.9. The smallest absolute Gasteiger partial charge is 0.215 e. The predicted octanol–water partition coefficient (Wildman–Crippen LogP) is 2.79. The van der Waals surface area contributed by atoms with Crippen LogP contribution in [0.25, 0.3) is 0 Å². The molecule has 7 heteroatoms. The van der Waals surface area contributed by atoms with Gasteiger partial charge >= 0.3 is 0 Å². The number of hydrogen-bond donors (Lipinski definition) is 2. The Labute approximate surface area is 130 Å². The van der Waals surface area contributed by atoms with E-state index in [-0.39, 0.29) is 11.8 Å². The van der Waals surface area contributed by atoms with Crippen molar-refractivity contribution in [1.29, 1.82) is 0 Å². The number of rotatable bonds is 7. The Morgan fingerprint density at radius 1 is 1.30 bits per heavy atom. The van der Waals surface area contributed by atoms with E-state index in [1.54, 1.807) is 12.1 Å². The molecule has 0 unspecified atom stereocenters. The average Bonchev–Trinajstić information content (AvgIpc) is 2.32. The molecule has 0 spiro atoms. The van der Waals surface area contributed by atoms with Gasteiger partial charge in [0.2, 0.25) is 10.0 Å². The molecular weight excluding hydrogens is 319 g/mol. The normalized spacial score (nSPS) is 13.7. The third kappa shape index (κ3) is 5.97. The van der Waals surface area contributed by atoms with Crippen molar-refractivity contribution >= 4 is 33.2 Å². The van der Waals surface area contributed by atoms with Crippen molar-refractivity contribution < 1.29 is 8.42 Å². The summed E-state index contributed by atoms with van der Waals surface area (Å²) in [4.78, 5) is 0. The third-order valence-corrected chi connectivity index (χ3v) is 4.94. The second-order valence-electron chi connectivity index (χ2n) is 5.09. The zero-order chi connectivity index (χ0) is 15.3. The van der Waals surface area contributed by atoms with Gasteiger partial charge in [-0.3, -0.25) is 0 Å². The highest BCUT2D eigenvalue weighted by atomic mass is 35.5. The lowest BCUT2D eigenvalue weighted by Gasteiger charge is -2.15. The predicted molar refractivity (Wildman–Crippen MR) is 84.5 cm³/mol. The molecule has 0 heterocycles. The SMILES string of the molecule is CC(C)[C@H](N)CCNS(=O)(=O)Cc1ccc(Cl)cc1Cl. The minimum Gasteiger partial charge on any atom is -0.327 e. The number of nitrogens with two attached hydrogens (primary N) is 1. The molecule has 20 heavy (non-hydrogen) atoms. The number of hydrogen-bond acceptors (Lipinski definition) is 3. The van der Waals surface area contributed by atoms with Crippen molar-refractivity contribution in [2.45, 2.75) is 32.1 Å². The van der Waals surface area contributed by atoms with Gasteiger partial charge in [-0.1, -0.05) is 43.1 Å². The summed E-state index contributed by atoms with van der Waals surface area (Å²) in [6.45, 7) is 4.34. The van der Waals surface area contributed by atoms with Crippen molar-refractivity contribution in [2.75, 3.05) is 6.54 Å². The van der Waals surface area contributed by atoms with E-state index >= 15 is 0 Å². The van der Waals surface area contributed by atoms with Gasteiger partial charge in [0.15, 0.2) is 0 Å². The lowest BCUT2D eigenvalue weighted by atomic mass is 10.0. The number of halogens is 2. The second kappa shape index (κ2) is 7.61. The largest absolute Gasteiger partial charge is 0.327 e. The fraction of sp³-hybridized carbons (Fsp3) is 0.538. The highest BCUT2D eigenvalue weighted by molar-refractivity contribution is 7.88. The Balaban J connectivity index is 2.57. The molecule has 0 saturated heterocycles. The molecule has 0 aromatic heterocycles. The van der Waals surface area contributed by atoms with E-state index < -0.39 is 10.0 Å². The quantitative estimate of drug-likeness (QED) is 0.802. The first-order chi connectivity index (χ1) is 9.21. The van der Waals surface area contributed by atoms with Crippen LogP contribution in [-0.2, 0) is 15.8 Å². The Kier molecular flexibility index (Phi) is 6.75. The van der Waals surface area contributed by atoms with Gasteiger partial charge in [-0.2, -0.15) is 0 Å². The maximum Gasteiger partial charge on any atom is 0.215 e. The Bertz CT molecular complexity index is 547. The van der Waals surface area contributed by atoms with Gasteiger partial charge < -0.3 is 5.73 Å². The van der Waals surface area contributed by atoms with Gasteiger partial charge in [0, 0.05) is 22.6 Å². The van der Waals surface area contributed by atoms with Gasteiger partial charge in [-0.05, 0) is 30.0 Å². The minimum atomic E-state index is -3.42. The fourth-order valence-electron chi connectivity index (χ4n) is 1.61. The van der Waals surface area contributed by atoms with Gasteiger partial charge in [0.25, 0.3) is 0 Å². The molecule has 1 aromatic carbocycles. The van der Waals surface area contributed by atoms with E-state index in [1.807, 2.05) is 13.8 Å². The molecule has 0 amide bonds. The monoisotopic (exact) mass is 338 g/mol. The first-order valence-corrected chi connectivity index (χ1v) is 8.79. The number of benzene rings is 1. The molecular formula is C13H20Cl2N2O2S. The van der Waals surface area contributed by atoms with Crippen LogP contribution in [-0.4, -0.2) is 21.0 Å². The lowest BCUT2D eigenvalue weighted by molar-refractivity contribution is 0.461. The summed E-state index contributed by atoms with van der Waals surface area (Å²) < 4.78 is 26.4. The summed E-state index contributed by atoms with van der Waals surface area (Å²) in [5, 5.41) is 0.828. The molecule has 114 valence electrons. The molecule has 3 N–H and O–H groups in total. The molecule has 1 rings (SSSR count). The maximum absolute atomic E-state index is 11.9. The molecule has 0 bridgehead atoms. The van der Waals surface area contributed by atoms with Crippen molar-refractivity contribution in [2.24, 2.45) is 11.7 Å². The van der Waals surface area contributed by atoms with Crippen molar-refractivity contribution in [3.05, 3.63) is 33.8 Å². The molecule has 0 aliphatic carbocycles. The Hall–Kier alpha value is -0.330. The maximum atomic E-state index is 11.9. The summed E-state index contributed by atoms with van der Waals surface area (Å²) in [5.41, 5.74) is 6.39. The first-order valence-electron chi connectivity index (χ1n) is 6.38. The molecule has 0 fully saturated rings. The van der Waals surface area contributed by atoms with Crippen LogP contribution in [0.3, 0.4) is 0 Å². The van der Waals surface area contributed by atoms with Crippen LogP contribution < -0.4 is 10.5 Å². The highest BCUT2D eigenvalue weighted by Gasteiger charge is 2.15. The summed E-state index contributed by atoms with van der Waals surface area (Å²) in [5.74, 6) is 0.158. The lowest BCUT2D eigenvalue weighted by Crippen LogP contribution is -2.33. The first kappa shape index (κ1) is 17.7. The number of nitrogens with one attached hydrogen (secondary N) is 1. The molecule has 0 aliphatic rings. The van der Waals surface area contributed by atoms with Gasteiger partial charge in [0.05, 0.1) is 5.75 Å². The second-order valence-corrected chi connectivity index (χ2v) is 7.74. The van der Waals surface area contributed by atoms with E-state index in [2.05, 4.69) is 4.72 Å². The minimum absolute atomic E-state index is 0.0168. The van der Waals surface area contributed by atoms with Gasteiger partial charge in [-0.25, -0.2) is 13.1 Å². The van der Waals surface area contributed by atoms with E-state index in [0.717, 1.165) is 0 Å². The summed E-state index contributed by atoms with van der Waals surface area (Å²) >= 11 is 11.7. The van der Waals surface area contributed by atoms with Crippen LogP contribution in [0.1, 0.15) is 25.8 Å². The van der Waals surface area contributed by atoms with E-state index in [0.29, 0.717) is 34.5 Å². The van der Waals surface area contributed by atoms with Crippen molar-refractivity contribution in [1.82, 2.24) is 4.72 Å². The van der Waals surface area contributed by atoms with Gasteiger partial charge in [-0.15, -0.1) is 0 Å². The van der Waals surface area contributed by atoms with E-state index in [9.17, 15) is 8.42 Å². The molecule has 1 atom stereocenters. The molecule has 0 aliphatic heterocycles. The topological polar surface area (TPSA) is 72.2 Å². The van der Waals surface area contributed by atoms with Crippen LogP contribution >= 0.6 is 23.2 Å². The van der Waals surface area contributed by atoms with Crippen molar-refractivity contribution in [3.8, 4) is 0 Å². The standard InChI is InChI=1S/C13H20Cl2N2O2S/c1-9(2)13(16)5-6-17-20(18,19)8-10-3-4-11(14)7-12(10)15/h3-4,7,9,13,17H,5-6,8,16H2,1-2H3/t13-/m1/s1. The Morgan fingerprint density at radius 2 is 1.95 bits per heavy atom. The highest BCUT2D eigenvalue weighted by Crippen LogP contribution is 2.22. The average molecular weight is 339 g/mol. The van der Waals surface area contributed by atoms with Crippen LogP contribution in [0.4, 0.5) is 0 Å². The fourth-order valence-corrected chi connectivity index (χ4v) is 3.36. The summed E-state index contributed by atoms with van der Waals surface area (Å²) in [6, 6.07) is 4.75. The Morgan fingerprint density at radius 3 is 2.50 bits per heavy atom. The van der Waals surface area contributed by atoms with Crippen LogP contribution in [0, 0.1) is 5.92 Å². The van der Waals surface area contributed by atoms with E-state index in [1.165, 1.54) is 6.07 Å². The molecule has 1 aromatic rings. The molecule has 0 saturated carbocycles.